The highest BCUT2D eigenvalue weighted by Crippen LogP contribution is 2.26. The number of benzene rings is 1. The van der Waals surface area contributed by atoms with Crippen molar-refractivity contribution in [2.75, 3.05) is 18.2 Å². The van der Waals surface area contributed by atoms with Gasteiger partial charge in [0, 0.05) is 0 Å². The monoisotopic (exact) mass is 261 g/mol. The second kappa shape index (κ2) is 4.41. The molecule has 0 fully saturated rings. The molecular weight excluding hydrogens is 253 g/mol. The Morgan fingerprint density at radius 2 is 2.29 bits per heavy atom. The number of Topliss-reactive ketones (excluding diaryl/α,β-unsaturated/α-hetero) is 1. The number of nitrogen functional groups attached to an aromatic ring is 1. The number of carbonyl (C=O) groups is 1. The number of methoxy groups -OCH3 is 1. The quantitative estimate of drug-likeness (QED) is 0.515. The van der Waals surface area contributed by atoms with Crippen LogP contribution in [-0.2, 0) is 0 Å². The molecule has 0 heterocycles. The van der Waals surface area contributed by atoms with Crippen molar-refractivity contribution in [3.8, 4) is 5.75 Å². The molecule has 0 bridgehead atoms. The van der Waals surface area contributed by atoms with Crippen molar-refractivity contribution in [1.82, 2.24) is 0 Å². The van der Waals surface area contributed by atoms with E-state index in [0.717, 1.165) is 0 Å². The Morgan fingerprint density at radius 1 is 1.64 bits per heavy atom. The molecule has 0 saturated heterocycles. The first-order valence-electron chi connectivity index (χ1n) is 3.83. The fraction of sp³-hybridized carbons (Fsp3) is 0.222. The summed E-state index contributed by atoms with van der Waals surface area (Å²) >= 11 is 2.96. The molecule has 0 unspecified atom stereocenters. The summed E-state index contributed by atoms with van der Waals surface area (Å²) < 4.78 is 18.3. The lowest BCUT2D eigenvalue weighted by molar-refractivity contribution is 0.101. The Kier molecular flexibility index (Phi) is 3.46. The Hall–Kier alpha value is -1.10. The SMILES string of the molecule is COc1ccc(N)c(F)c1C(=O)CBr. The maximum Gasteiger partial charge on any atom is 0.180 e. The third-order valence-corrected chi connectivity index (χ3v) is 2.26. The maximum atomic E-state index is 13.4. The average molecular weight is 262 g/mol. The normalized spacial score (nSPS) is 9.93. The fourth-order valence-electron chi connectivity index (χ4n) is 1.07. The molecule has 5 heteroatoms. The van der Waals surface area contributed by atoms with Gasteiger partial charge >= 0.3 is 0 Å². The van der Waals surface area contributed by atoms with Gasteiger partial charge in [0.2, 0.25) is 0 Å². The Bertz CT molecular complexity index is 368. The van der Waals surface area contributed by atoms with E-state index >= 15 is 0 Å². The molecule has 0 saturated carbocycles. The van der Waals surface area contributed by atoms with Gasteiger partial charge in [0.15, 0.2) is 11.6 Å². The van der Waals surface area contributed by atoms with Crippen molar-refractivity contribution in [2.45, 2.75) is 0 Å². The van der Waals surface area contributed by atoms with E-state index in [9.17, 15) is 9.18 Å². The molecule has 14 heavy (non-hydrogen) atoms. The second-order valence-corrected chi connectivity index (χ2v) is 3.16. The van der Waals surface area contributed by atoms with Crippen LogP contribution in [-0.4, -0.2) is 18.2 Å². The molecule has 0 amide bonds. The molecule has 0 spiro atoms. The summed E-state index contributed by atoms with van der Waals surface area (Å²) in [5, 5.41) is 0.0315. The van der Waals surface area contributed by atoms with E-state index in [4.69, 9.17) is 10.5 Å². The van der Waals surface area contributed by atoms with Gasteiger partial charge in [0.25, 0.3) is 0 Å². The molecule has 76 valence electrons. The second-order valence-electron chi connectivity index (χ2n) is 2.60. The summed E-state index contributed by atoms with van der Waals surface area (Å²) in [7, 11) is 1.37. The van der Waals surface area contributed by atoms with Crippen molar-refractivity contribution in [1.29, 1.82) is 0 Å². The van der Waals surface area contributed by atoms with Gasteiger partial charge in [0.05, 0.1) is 23.7 Å². The lowest BCUT2D eigenvalue weighted by Crippen LogP contribution is -2.08. The molecule has 0 aliphatic rings. The van der Waals surface area contributed by atoms with Gasteiger partial charge < -0.3 is 10.5 Å². The summed E-state index contributed by atoms with van der Waals surface area (Å²) in [6.45, 7) is 0. The number of hydrogen-bond acceptors (Lipinski definition) is 3. The van der Waals surface area contributed by atoms with Gasteiger partial charge in [-0.3, -0.25) is 4.79 Å². The van der Waals surface area contributed by atoms with Crippen LogP contribution in [0.15, 0.2) is 12.1 Å². The number of nitrogens with two attached hydrogens (primary N) is 1. The zero-order valence-corrected chi connectivity index (χ0v) is 9.10. The summed E-state index contributed by atoms with van der Waals surface area (Å²) in [5.41, 5.74) is 5.17. The topological polar surface area (TPSA) is 52.3 Å². The number of anilines is 1. The number of halogens is 2. The molecular formula is C9H9BrFNO2. The number of carbonyl (C=O) groups excluding carboxylic acids is 1. The largest absolute Gasteiger partial charge is 0.496 e. The number of ether oxygens (including phenoxy) is 1. The molecule has 3 nitrogen and oxygen atoms in total. The lowest BCUT2D eigenvalue weighted by atomic mass is 10.1. The van der Waals surface area contributed by atoms with Crippen molar-refractivity contribution >= 4 is 27.4 Å². The van der Waals surface area contributed by atoms with Gasteiger partial charge in [-0.2, -0.15) is 0 Å². The van der Waals surface area contributed by atoms with Crippen LogP contribution in [0.1, 0.15) is 10.4 Å². The smallest absolute Gasteiger partial charge is 0.180 e. The van der Waals surface area contributed by atoms with Gasteiger partial charge in [-0.05, 0) is 12.1 Å². The molecule has 0 atom stereocenters. The van der Waals surface area contributed by atoms with E-state index in [1.807, 2.05) is 0 Å². The van der Waals surface area contributed by atoms with Crippen molar-refractivity contribution < 1.29 is 13.9 Å². The van der Waals surface area contributed by atoms with E-state index in [-0.39, 0.29) is 22.3 Å². The minimum atomic E-state index is -0.728. The predicted molar refractivity (Wildman–Crippen MR) is 55.5 cm³/mol. The van der Waals surface area contributed by atoms with Crippen molar-refractivity contribution in [2.24, 2.45) is 0 Å². The molecule has 1 rings (SSSR count). The standard InChI is InChI=1S/C9H9BrFNO2/c1-14-7-3-2-5(12)9(11)8(7)6(13)4-10/h2-3H,4,12H2,1H3. The zero-order chi connectivity index (χ0) is 10.7. The Morgan fingerprint density at radius 3 is 2.79 bits per heavy atom. The third-order valence-electron chi connectivity index (χ3n) is 1.75. The molecule has 0 aromatic heterocycles. The highest BCUT2D eigenvalue weighted by molar-refractivity contribution is 9.09. The highest BCUT2D eigenvalue weighted by Gasteiger charge is 2.18. The molecule has 1 aromatic carbocycles. The number of ketones is 1. The van der Waals surface area contributed by atoms with Gasteiger partial charge in [-0.25, -0.2) is 4.39 Å². The first kappa shape index (κ1) is 11.0. The number of rotatable bonds is 3. The third kappa shape index (κ3) is 1.87. The van der Waals surface area contributed by atoms with Crippen LogP contribution < -0.4 is 10.5 Å². The van der Waals surface area contributed by atoms with Crippen LogP contribution in [0, 0.1) is 5.82 Å². The Balaban J connectivity index is 3.35. The zero-order valence-electron chi connectivity index (χ0n) is 7.51. The molecule has 1 aromatic rings. The lowest BCUT2D eigenvalue weighted by Gasteiger charge is -2.08. The fourth-order valence-corrected chi connectivity index (χ4v) is 1.35. The summed E-state index contributed by atoms with van der Waals surface area (Å²) in [5.74, 6) is -0.929. The van der Waals surface area contributed by atoms with E-state index in [1.165, 1.54) is 19.2 Å². The molecule has 0 radical (unpaired) electrons. The van der Waals surface area contributed by atoms with Crippen LogP contribution >= 0.6 is 15.9 Å². The van der Waals surface area contributed by atoms with Crippen LogP contribution in [0.5, 0.6) is 5.75 Å². The van der Waals surface area contributed by atoms with Crippen LogP contribution in [0.3, 0.4) is 0 Å². The molecule has 0 aliphatic heterocycles. The highest BCUT2D eigenvalue weighted by atomic mass is 79.9. The van der Waals surface area contributed by atoms with E-state index in [0.29, 0.717) is 0 Å². The van der Waals surface area contributed by atoms with E-state index in [2.05, 4.69) is 15.9 Å². The molecule has 2 N–H and O–H groups in total. The summed E-state index contributed by atoms with van der Waals surface area (Å²) in [6.07, 6.45) is 0. The number of hydrogen-bond donors (Lipinski definition) is 1. The summed E-state index contributed by atoms with van der Waals surface area (Å²) in [6, 6.07) is 2.83. The number of alkyl halides is 1. The van der Waals surface area contributed by atoms with Gasteiger partial charge in [-0.15, -0.1) is 0 Å². The van der Waals surface area contributed by atoms with E-state index in [1.54, 1.807) is 0 Å². The van der Waals surface area contributed by atoms with Crippen LogP contribution in [0.25, 0.3) is 0 Å². The predicted octanol–water partition coefficient (Wildman–Crippen LogP) is 1.99. The minimum Gasteiger partial charge on any atom is -0.496 e. The Labute approximate surface area is 89.2 Å². The van der Waals surface area contributed by atoms with Crippen molar-refractivity contribution in [3.63, 3.8) is 0 Å². The average Bonchev–Trinajstić information content (AvgIpc) is 2.20. The first-order chi connectivity index (χ1) is 6.61. The van der Waals surface area contributed by atoms with Crippen LogP contribution in [0.2, 0.25) is 0 Å². The minimum absolute atomic E-state index is 0.0315. The van der Waals surface area contributed by atoms with E-state index < -0.39 is 11.6 Å². The van der Waals surface area contributed by atoms with Gasteiger partial charge in [-0.1, -0.05) is 15.9 Å². The van der Waals surface area contributed by atoms with Crippen molar-refractivity contribution in [3.05, 3.63) is 23.5 Å². The summed E-state index contributed by atoms with van der Waals surface area (Å²) in [4.78, 5) is 11.3. The molecule has 0 aliphatic carbocycles. The first-order valence-corrected chi connectivity index (χ1v) is 4.95. The van der Waals surface area contributed by atoms with Gasteiger partial charge in [0.1, 0.15) is 5.75 Å². The van der Waals surface area contributed by atoms with Crippen LogP contribution in [0.4, 0.5) is 10.1 Å². The maximum absolute atomic E-state index is 13.4.